The van der Waals surface area contributed by atoms with E-state index in [1.807, 2.05) is 54.3 Å². The second-order valence-electron chi connectivity index (χ2n) is 9.14. The van der Waals surface area contributed by atoms with Crippen molar-refractivity contribution < 1.29 is 19.4 Å². The van der Waals surface area contributed by atoms with Gasteiger partial charge >= 0.3 is 6.09 Å². The van der Waals surface area contributed by atoms with Crippen LogP contribution in [0, 0.1) is 5.92 Å². The molecule has 2 aromatic rings. The van der Waals surface area contributed by atoms with E-state index in [-0.39, 0.29) is 30.5 Å². The maximum Gasteiger partial charge on any atom is 0.407 e. The summed E-state index contributed by atoms with van der Waals surface area (Å²) in [6.07, 6.45) is 3.85. The third-order valence-electron chi connectivity index (χ3n) is 6.60. The van der Waals surface area contributed by atoms with Gasteiger partial charge in [0, 0.05) is 31.2 Å². The van der Waals surface area contributed by atoms with Crippen molar-refractivity contribution in [1.82, 2.24) is 15.5 Å². The van der Waals surface area contributed by atoms with Gasteiger partial charge in [-0.05, 0) is 42.0 Å². The molecule has 1 aliphatic heterocycles. The first-order chi connectivity index (χ1) is 16.6. The number of nitrogens with zero attached hydrogens (tertiary/aromatic N) is 1. The number of hydrogen-bond donors (Lipinski definition) is 3. The van der Waals surface area contributed by atoms with Crippen LogP contribution in [0.1, 0.15) is 56.3 Å². The van der Waals surface area contributed by atoms with Crippen LogP contribution in [0.3, 0.4) is 0 Å². The quantitative estimate of drug-likeness (QED) is 0.434. The summed E-state index contributed by atoms with van der Waals surface area (Å²) in [5.74, 6) is 0.260. The van der Waals surface area contributed by atoms with Crippen LogP contribution in [0.5, 0.6) is 0 Å². The topological polar surface area (TPSA) is 90.9 Å². The van der Waals surface area contributed by atoms with Crippen LogP contribution >= 0.6 is 0 Å². The fourth-order valence-electron chi connectivity index (χ4n) is 4.78. The van der Waals surface area contributed by atoms with Gasteiger partial charge in [-0.1, -0.05) is 63.1 Å². The molecule has 0 spiro atoms. The molecular weight excluding hydrogens is 430 g/mol. The maximum absolute atomic E-state index is 13.5. The van der Waals surface area contributed by atoms with Gasteiger partial charge in [0.1, 0.15) is 0 Å². The molecule has 186 valence electrons. The highest BCUT2D eigenvalue weighted by atomic mass is 16.5. The van der Waals surface area contributed by atoms with Crippen molar-refractivity contribution >= 4 is 22.8 Å². The summed E-state index contributed by atoms with van der Waals surface area (Å²) in [5.41, 5.74) is 0.732. The SMILES string of the molecule is CCCCOC(=O)N[C@@H](CO)CC(CCC)[C@H]1CN(C(=O)c2cccc3ccccc23)CCN1. The molecule has 1 heterocycles. The smallest absolute Gasteiger partial charge is 0.407 e. The van der Waals surface area contributed by atoms with E-state index in [2.05, 4.69) is 17.6 Å². The number of aliphatic hydroxyl groups is 1. The van der Waals surface area contributed by atoms with Crippen LogP contribution in [0.4, 0.5) is 4.79 Å². The fourth-order valence-corrected chi connectivity index (χ4v) is 4.78. The number of fused-ring (bicyclic) bond motifs is 1. The van der Waals surface area contributed by atoms with E-state index in [1.165, 1.54) is 0 Å². The van der Waals surface area contributed by atoms with Crippen LogP contribution in [-0.2, 0) is 4.74 Å². The van der Waals surface area contributed by atoms with Gasteiger partial charge < -0.3 is 25.4 Å². The number of amides is 2. The Bertz CT molecular complexity index is 930. The summed E-state index contributed by atoms with van der Waals surface area (Å²) in [5, 5.41) is 18.3. The van der Waals surface area contributed by atoms with E-state index < -0.39 is 6.09 Å². The van der Waals surface area contributed by atoms with Gasteiger partial charge in [0.15, 0.2) is 0 Å². The lowest BCUT2D eigenvalue weighted by Crippen LogP contribution is -2.56. The molecule has 2 aromatic carbocycles. The molecule has 3 atom stereocenters. The highest BCUT2D eigenvalue weighted by molar-refractivity contribution is 6.07. The summed E-state index contributed by atoms with van der Waals surface area (Å²) < 4.78 is 5.20. The number of benzene rings is 2. The molecule has 0 bridgehead atoms. The molecule has 7 nitrogen and oxygen atoms in total. The average Bonchev–Trinajstić information content (AvgIpc) is 2.87. The van der Waals surface area contributed by atoms with Crippen molar-refractivity contribution in [3.8, 4) is 0 Å². The highest BCUT2D eigenvalue weighted by Gasteiger charge is 2.31. The lowest BCUT2D eigenvalue weighted by molar-refractivity contribution is 0.0660. The van der Waals surface area contributed by atoms with E-state index in [0.29, 0.717) is 26.1 Å². The zero-order chi connectivity index (χ0) is 24.3. The molecule has 0 saturated carbocycles. The fraction of sp³-hybridized carbons (Fsp3) is 0.556. The molecule has 34 heavy (non-hydrogen) atoms. The first-order valence-electron chi connectivity index (χ1n) is 12.6. The summed E-state index contributed by atoms with van der Waals surface area (Å²) in [4.78, 5) is 27.5. The Kier molecular flexibility index (Phi) is 10.2. The molecule has 0 aliphatic carbocycles. The Morgan fingerprint density at radius 3 is 2.74 bits per heavy atom. The van der Waals surface area contributed by atoms with Crippen LogP contribution < -0.4 is 10.6 Å². The molecule has 3 N–H and O–H groups in total. The monoisotopic (exact) mass is 469 g/mol. The van der Waals surface area contributed by atoms with Gasteiger partial charge in [0.05, 0.1) is 19.3 Å². The van der Waals surface area contributed by atoms with E-state index in [9.17, 15) is 14.7 Å². The van der Waals surface area contributed by atoms with E-state index in [0.717, 1.165) is 48.6 Å². The molecule has 7 heteroatoms. The molecule has 0 radical (unpaired) electrons. The standard InChI is InChI=1S/C27H39N3O4/c1-3-5-16-34-27(33)29-22(19-31)17-21(9-4-2)25-18-30(15-14-28-25)26(32)24-13-8-11-20-10-6-7-12-23(20)24/h6-8,10-13,21-22,25,28,31H,3-5,9,14-19H2,1-2H3,(H,29,33)/t21?,22-,25-/m1/s1. The van der Waals surface area contributed by atoms with Crippen molar-refractivity contribution in [2.24, 2.45) is 5.92 Å². The Labute approximate surface area is 202 Å². The highest BCUT2D eigenvalue weighted by Crippen LogP contribution is 2.24. The van der Waals surface area contributed by atoms with Gasteiger partial charge in [-0.3, -0.25) is 4.79 Å². The van der Waals surface area contributed by atoms with Gasteiger partial charge in [-0.15, -0.1) is 0 Å². The minimum absolute atomic E-state index is 0.0508. The first kappa shape index (κ1) is 26.0. The van der Waals surface area contributed by atoms with Crippen molar-refractivity contribution in [1.29, 1.82) is 0 Å². The molecule has 0 aromatic heterocycles. The van der Waals surface area contributed by atoms with Gasteiger partial charge in [-0.2, -0.15) is 0 Å². The molecule has 1 fully saturated rings. The normalized spacial score (nSPS) is 17.9. The van der Waals surface area contributed by atoms with E-state index >= 15 is 0 Å². The van der Waals surface area contributed by atoms with Crippen molar-refractivity contribution in [3.63, 3.8) is 0 Å². The first-order valence-corrected chi connectivity index (χ1v) is 12.6. The van der Waals surface area contributed by atoms with Crippen LogP contribution in [0.25, 0.3) is 10.8 Å². The minimum atomic E-state index is -0.480. The number of rotatable bonds is 11. The van der Waals surface area contributed by atoms with Gasteiger partial charge in [0.25, 0.3) is 5.91 Å². The second kappa shape index (κ2) is 13.3. The number of carbonyl (C=O) groups is 2. The van der Waals surface area contributed by atoms with Crippen molar-refractivity contribution in [2.45, 2.75) is 58.0 Å². The third-order valence-corrected chi connectivity index (χ3v) is 6.60. The maximum atomic E-state index is 13.5. The van der Waals surface area contributed by atoms with Crippen LogP contribution in [0.15, 0.2) is 42.5 Å². The zero-order valence-corrected chi connectivity index (χ0v) is 20.5. The molecule has 1 saturated heterocycles. The number of hydrogen-bond acceptors (Lipinski definition) is 5. The third kappa shape index (κ3) is 6.93. The second-order valence-corrected chi connectivity index (χ2v) is 9.14. The van der Waals surface area contributed by atoms with Gasteiger partial charge in [0.2, 0.25) is 0 Å². The summed E-state index contributed by atoms with van der Waals surface area (Å²) >= 11 is 0. The summed E-state index contributed by atoms with van der Waals surface area (Å²) in [6.45, 7) is 6.39. The van der Waals surface area contributed by atoms with E-state index in [1.54, 1.807) is 0 Å². The Morgan fingerprint density at radius 2 is 1.97 bits per heavy atom. The van der Waals surface area contributed by atoms with Crippen molar-refractivity contribution in [2.75, 3.05) is 32.8 Å². The lowest BCUT2D eigenvalue weighted by atomic mass is 9.87. The Balaban J connectivity index is 1.66. The Hall–Kier alpha value is -2.64. The van der Waals surface area contributed by atoms with E-state index in [4.69, 9.17) is 4.74 Å². The minimum Gasteiger partial charge on any atom is -0.450 e. The number of alkyl carbamates (subject to hydrolysis) is 1. The lowest BCUT2D eigenvalue weighted by Gasteiger charge is -2.39. The Morgan fingerprint density at radius 1 is 1.18 bits per heavy atom. The number of piperazine rings is 1. The summed E-state index contributed by atoms with van der Waals surface area (Å²) in [6, 6.07) is 13.6. The number of unbranched alkanes of at least 4 members (excludes halogenated alkanes) is 1. The van der Waals surface area contributed by atoms with Gasteiger partial charge in [-0.25, -0.2) is 4.79 Å². The van der Waals surface area contributed by atoms with Crippen LogP contribution in [0.2, 0.25) is 0 Å². The molecule has 1 unspecified atom stereocenters. The summed E-state index contributed by atoms with van der Waals surface area (Å²) in [7, 11) is 0. The number of ether oxygens (including phenoxy) is 1. The van der Waals surface area contributed by atoms with Crippen molar-refractivity contribution in [3.05, 3.63) is 48.0 Å². The number of carbonyl (C=O) groups excluding carboxylic acids is 2. The average molecular weight is 470 g/mol. The number of nitrogens with one attached hydrogen (secondary N) is 2. The largest absolute Gasteiger partial charge is 0.450 e. The zero-order valence-electron chi connectivity index (χ0n) is 20.5. The molecule has 1 aliphatic rings. The predicted octanol–water partition coefficient (Wildman–Crippen LogP) is 3.95. The molecule has 2 amide bonds. The van der Waals surface area contributed by atoms with Crippen LogP contribution in [-0.4, -0.2) is 66.9 Å². The number of aliphatic hydroxyl groups excluding tert-OH is 1. The predicted molar refractivity (Wildman–Crippen MR) is 135 cm³/mol. The molecule has 3 rings (SSSR count). The molecular formula is C27H39N3O4.